The van der Waals surface area contributed by atoms with Gasteiger partial charge in [0.15, 0.2) is 5.84 Å². The Morgan fingerprint density at radius 3 is 2.29 bits per heavy atom. The number of amides is 2. The van der Waals surface area contributed by atoms with Crippen LogP contribution in [0.15, 0.2) is 53.7 Å². The van der Waals surface area contributed by atoms with Crippen molar-refractivity contribution in [3.63, 3.8) is 0 Å². The molecule has 0 heterocycles. The lowest BCUT2D eigenvalue weighted by atomic mass is 10.1. The van der Waals surface area contributed by atoms with Crippen LogP contribution >= 0.6 is 23.2 Å². The molecule has 7 nitrogen and oxygen atoms in total. The molecule has 0 spiro atoms. The standard InChI is InChI=1S/C19H22Cl2N4O3/c1-12(11-26)28-25-18(22)17(10-13-2-4-14(20)5-3-13)24-19(27)23-16-8-6-15(21)7-9-16/h2-9,12,17,26H,10-11H2,1H3,(H2,22,25)(H2,23,24,27)/t12-,17-/m0/s1. The number of hydrogen-bond donors (Lipinski definition) is 4. The number of carbonyl (C=O) groups excluding carboxylic acids is 1. The second-order valence-corrected chi connectivity index (χ2v) is 6.98. The number of aliphatic hydroxyl groups is 1. The summed E-state index contributed by atoms with van der Waals surface area (Å²) < 4.78 is 0. The fourth-order valence-electron chi connectivity index (χ4n) is 2.19. The van der Waals surface area contributed by atoms with Crippen LogP contribution in [0.4, 0.5) is 10.5 Å². The quantitative estimate of drug-likeness (QED) is 0.295. The summed E-state index contributed by atoms with van der Waals surface area (Å²) in [5, 5.41) is 19.5. The summed E-state index contributed by atoms with van der Waals surface area (Å²) in [6.45, 7) is 1.44. The minimum Gasteiger partial charge on any atom is -0.392 e. The molecular formula is C19H22Cl2N4O3. The fraction of sp³-hybridized carbons (Fsp3) is 0.263. The van der Waals surface area contributed by atoms with E-state index in [4.69, 9.17) is 38.9 Å². The molecule has 0 aliphatic carbocycles. The van der Waals surface area contributed by atoms with Gasteiger partial charge < -0.3 is 26.3 Å². The van der Waals surface area contributed by atoms with Gasteiger partial charge >= 0.3 is 6.03 Å². The maximum atomic E-state index is 12.4. The molecule has 0 radical (unpaired) electrons. The predicted molar refractivity (Wildman–Crippen MR) is 112 cm³/mol. The number of hydrogen-bond acceptors (Lipinski definition) is 4. The Kier molecular flexibility index (Phi) is 8.38. The molecule has 0 unspecified atom stereocenters. The van der Waals surface area contributed by atoms with Crippen molar-refractivity contribution in [3.8, 4) is 0 Å². The normalized spacial score (nSPS) is 13.5. The zero-order chi connectivity index (χ0) is 20.5. The van der Waals surface area contributed by atoms with E-state index in [0.29, 0.717) is 22.2 Å². The maximum Gasteiger partial charge on any atom is 0.319 e. The highest BCUT2D eigenvalue weighted by molar-refractivity contribution is 6.30. The van der Waals surface area contributed by atoms with Crippen LogP contribution in [-0.2, 0) is 11.3 Å². The average molecular weight is 425 g/mol. The number of carbonyl (C=O) groups is 1. The highest BCUT2D eigenvalue weighted by atomic mass is 35.5. The fourth-order valence-corrected chi connectivity index (χ4v) is 2.44. The summed E-state index contributed by atoms with van der Waals surface area (Å²) in [7, 11) is 0. The first-order valence-corrected chi connectivity index (χ1v) is 9.30. The van der Waals surface area contributed by atoms with Gasteiger partial charge in [0, 0.05) is 22.2 Å². The van der Waals surface area contributed by atoms with Gasteiger partial charge in [0.05, 0.1) is 12.6 Å². The summed E-state index contributed by atoms with van der Waals surface area (Å²) in [4.78, 5) is 17.5. The number of urea groups is 1. The number of oxime groups is 1. The van der Waals surface area contributed by atoms with Crippen molar-refractivity contribution in [2.75, 3.05) is 11.9 Å². The smallest absolute Gasteiger partial charge is 0.319 e. The van der Waals surface area contributed by atoms with Gasteiger partial charge in [-0.3, -0.25) is 0 Å². The van der Waals surface area contributed by atoms with Crippen LogP contribution < -0.4 is 16.4 Å². The molecule has 150 valence electrons. The Balaban J connectivity index is 2.10. The van der Waals surface area contributed by atoms with Crippen LogP contribution in [0.25, 0.3) is 0 Å². The van der Waals surface area contributed by atoms with E-state index >= 15 is 0 Å². The highest BCUT2D eigenvalue weighted by Crippen LogP contribution is 2.14. The van der Waals surface area contributed by atoms with Crippen LogP contribution in [0.2, 0.25) is 10.0 Å². The van der Waals surface area contributed by atoms with Crippen molar-refractivity contribution in [2.24, 2.45) is 10.9 Å². The molecule has 0 fully saturated rings. The molecule has 2 aromatic rings. The van der Waals surface area contributed by atoms with Gasteiger partial charge in [-0.1, -0.05) is 40.5 Å². The Labute approximate surface area is 173 Å². The topological polar surface area (TPSA) is 109 Å². The zero-order valence-corrected chi connectivity index (χ0v) is 16.7. The molecule has 0 aliphatic rings. The molecule has 0 saturated carbocycles. The van der Waals surface area contributed by atoms with E-state index in [-0.39, 0.29) is 12.4 Å². The van der Waals surface area contributed by atoms with E-state index in [1.807, 2.05) is 12.1 Å². The lowest BCUT2D eigenvalue weighted by Crippen LogP contribution is -2.47. The Bertz CT molecular complexity index is 798. The lowest BCUT2D eigenvalue weighted by molar-refractivity contribution is 0.0282. The number of halogens is 2. The van der Waals surface area contributed by atoms with E-state index in [1.54, 1.807) is 43.3 Å². The Morgan fingerprint density at radius 2 is 1.71 bits per heavy atom. The van der Waals surface area contributed by atoms with Crippen LogP contribution in [0.5, 0.6) is 0 Å². The van der Waals surface area contributed by atoms with Crippen molar-refractivity contribution in [1.29, 1.82) is 0 Å². The van der Waals surface area contributed by atoms with Crippen LogP contribution in [-0.4, -0.2) is 35.7 Å². The van der Waals surface area contributed by atoms with Gasteiger partial charge in [-0.15, -0.1) is 0 Å². The number of anilines is 1. The minimum absolute atomic E-state index is 0.0708. The number of benzene rings is 2. The van der Waals surface area contributed by atoms with E-state index < -0.39 is 18.2 Å². The summed E-state index contributed by atoms with van der Waals surface area (Å²) in [5.74, 6) is 0.0708. The number of nitrogens with two attached hydrogens (primary N) is 1. The molecule has 9 heteroatoms. The molecule has 2 atom stereocenters. The predicted octanol–water partition coefficient (Wildman–Crippen LogP) is 3.40. The summed E-state index contributed by atoms with van der Waals surface area (Å²) in [6.07, 6.45) is -0.144. The maximum absolute atomic E-state index is 12.4. The van der Waals surface area contributed by atoms with Gasteiger partial charge in [0.25, 0.3) is 0 Å². The van der Waals surface area contributed by atoms with Gasteiger partial charge in [0.2, 0.25) is 0 Å². The third kappa shape index (κ3) is 7.26. The van der Waals surface area contributed by atoms with Crippen molar-refractivity contribution >= 4 is 40.8 Å². The first-order valence-electron chi connectivity index (χ1n) is 8.55. The molecule has 2 rings (SSSR count). The van der Waals surface area contributed by atoms with Gasteiger partial charge in [-0.25, -0.2) is 4.79 Å². The van der Waals surface area contributed by atoms with Gasteiger partial charge in [-0.05, 0) is 48.9 Å². The highest BCUT2D eigenvalue weighted by Gasteiger charge is 2.18. The molecule has 5 N–H and O–H groups in total. The van der Waals surface area contributed by atoms with Crippen LogP contribution in [0.3, 0.4) is 0 Å². The zero-order valence-electron chi connectivity index (χ0n) is 15.2. The molecule has 0 aliphatic heterocycles. The van der Waals surface area contributed by atoms with Crippen molar-refractivity contribution < 1.29 is 14.7 Å². The van der Waals surface area contributed by atoms with Crippen molar-refractivity contribution in [3.05, 3.63) is 64.1 Å². The van der Waals surface area contributed by atoms with Gasteiger partial charge in [-0.2, -0.15) is 0 Å². The van der Waals surface area contributed by atoms with E-state index in [1.165, 1.54) is 0 Å². The van der Waals surface area contributed by atoms with E-state index in [9.17, 15) is 4.79 Å². The number of nitrogens with one attached hydrogen (secondary N) is 2. The van der Waals surface area contributed by atoms with Crippen molar-refractivity contribution in [2.45, 2.75) is 25.5 Å². The molecule has 0 saturated heterocycles. The first kappa shape index (κ1) is 21.8. The SMILES string of the molecule is C[C@@H](CO)O/N=C(\N)[C@H](Cc1ccc(Cl)cc1)NC(=O)Nc1ccc(Cl)cc1. The number of aliphatic hydroxyl groups excluding tert-OH is 1. The monoisotopic (exact) mass is 424 g/mol. The number of rotatable bonds is 8. The van der Waals surface area contributed by atoms with Gasteiger partial charge in [0.1, 0.15) is 6.10 Å². The average Bonchev–Trinajstić information content (AvgIpc) is 2.68. The molecule has 0 aromatic heterocycles. The van der Waals surface area contributed by atoms with Crippen LogP contribution in [0.1, 0.15) is 12.5 Å². The number of nitrogens with zero attached hydrogens (tertiary/aromatic N) is 1. The Morgan fingerprint density at radius 1 is 1.14 bits per heavy atom. The largest absolute Gasteiger partial charge is 0.392 e. The van der Waals surface area contributed by atoms with Crippen molar-refractivity contribution in [1.82, 2.24) is 5.32 Å². The molecular weight excluding hydrogens is 403 g/mol. The molecule has 2 aromatic carbocycles. The first-order chi connectivity index (χ1) is 13.4. The Hall–Kier alpha value is -2.48. The van der Waals surface area contributed by atoms with E-state index in [0.717, 1.165) is 5.56 Å². The second-order valence-electron chi connectivity index (χ2n) is 6.10. The van der Waals surface area contributed by atoms with E-state index in [2.05, 4.69) is 15.8 Å². The van der Waals surface area contributed by atoms with Crippen LogP contribution in [0, 0.1) is 0 Å². The molecule has 2 amide bonds. The third-order valence-electron chi connectivity index (χ3n) is 3.71. The molecule has 28 heavy (non-hydrogen) atoms. The summed E-state index contributed by atoms with van der Waals surface area (Å²) in [6, 6.07) is 12.8. The second kappa shape index (κ2) is 10.8. The third-order valence-corrected chi connectivity index (χ3v) is 4.22. The summed E-state index contributed by atoms with van der Waals surface area (Å²) >= 11 is 11.8. The number of amidine groups is 1. The lowest BCUT2D eigenvalue weighted by Gasteiger charge is -2.19. The summed E-state index contributed by atoms with van der Waals surface area (Å²) in [5.41, 5.74) is 7.49. The minimum atomic E-state index is -0.639. The molecule has 0 bridgehead atoms.